The summed E-state index contributed by atoms with van der Waals surface area (Å²) in [4.78, 5) is 12.0. The zero-order valence-electron chi connectivity index (χ0n) is 19.3. The van der Waals surface area contributed by atoms with Crippen LogP contribution >= 0.6 is 11.6 Å². The van der Waals surface area contributed by atoms with Gasteiger partial charge in [0.1, 0.15) is 11.3 Å². The molecule has 0 aliphatic heterocycles. The van der Waals surface area contributed by atoms with Gasteiger partial charge in [0.2, 0.25) is 9.84 Å². The van der Waals surface area contributed by atoms with Crippen LogP contribution in [0.5, 0.6) is 5.75 Å². The maximum absolute atomic E-state index is 13.0. The predicted molar refractivity (Wildman–Crippen MR) is 134 cm³/mol. The Morgan fingerprint density at radius 2 is 1.77 bits per heavy atom. The summed E-state index contributed by atoms with van der Waals surface area (Å²) in [6.07, 6.45) is 0.879. The molecule has 0 spiro atoms. The number of carbonyl (C=O) groups excluding carboxylic acids is 1. The van der Waals surface area contributed by atoms with Gasteiger partial charge in [-0.2, -0.15) is 0 Å². The zero-order chi connectivity index (χ0) is 25.4. The van der Waals surface area contributed by atoms with Gasteiger partial charge >= 0.3 is 5.97 Å². The van der Waals surface area contributed by atoms with Crippen molar-refractivity contribution in [2.45, 2.75) is 35.7 Å². The van der Waals surface area contributed by atoms with E-state index in [9.17, 15) is 23.4 Å². The molecule has 0 aromatic heterocycles. The molecule has 0 amide bonds. The van der Waals surface area contributed by atoms with Crippen LogP contribution in [0.4, 0.5) is 0 Å². The average Bonchev–Trinajstić information content (AvgIpc) is 2.84. The molecular formula is C26H28ClNO6S. The maximum atomic E-state index is 13.0. The molecule has 1 atom stereocenters. The highest BCUT2D eigenvalue weighted by Gasteiger charge is 2.22. The summed E-state index contributed by atoms with van der Waals surface area (Å²) in [5.41, 5.74) is 1.53. The smallest absolute Gasteiger partial charge is 0.341 e. The number of sulfone groups is 1. The van der Waals surface area contributed by atoms with E-state index in [4.69, 9.17) is 16.3 Å². The van der Waals surface area contributed by atoms with Crippen LogP contribution in [0.3, 0.4) is 0 Å². The Hall–Kier alpha value is -2.91. The molecule has 3 aromatic rings. The summed E-state index contributed by atoms with van der Waals surface area (Å²) in [5.74, 6) is -1.13. The Balaban J connectivity index is 1.55. The number of benzene rings is 3. The van der Waals surface area contributed by atoms with Gasteiger partial charge in [0.25, 0.3) is 0 Å². The Kier molecular flexibility index (Phi) is 9.28. The average molecular weight is 518 g/mol. The second-order valence-corrected chi connectivity index (χ2v) is 10.3. The second-order valence-electron chi connectivity index (χ2n) is 7.93. The van der Waals surface area contributed by atoms with Crippen molar-refractivity contribution in [2.24, 2.45) is 0 Å². The van der Waals surface area contributed by atoms with Gasteiger partial charge in [-0.1, -0.05) is 35.9 Å². The Bertz CT molecular complexity index is 1260. The van der Waals surface area contributed by atoms with Crippen molar-refractivity contribution in [3.63, 3.8) is 0 Å². The van der Waals surface area contributed by atoms with Crippen molar-refractivity contribution >= 4 is 27.4 Å². The molecule has 0 fully saturated rings. The molecule has 3 N–H and O–H groups in total. The van der Waals surface area contributed by atoms with Crippen LogP contribution in [-0.2, 0) is 21.0 Å². The van der Waals surface area contributed by atoms with E-state index in [2.05, 4.69) is 5.32 Å². The number of ether oxygens (including phenoxy) is 1. The van der Waals surface area contributed by atoms with E-state index in [0.29, 0.717) is 18.1 Å². The van der Waals surface area contributed by atoms with E-state index in [1.165, 1.54) is 24.3 Å². The minimum Gasteiger partial charge on any atom is -0.507 e. The highest BCUT2D eigenvalue weighted by Crippen LogP contribution is 2.27. The number of aliphatic hydroxyl groups is 1. The number of halogens is 1. The molecule has 7 nitrogen and oxygen atoms in total. The molecule has 35 heavy (non-hydrogen) atoms. The third-order valence-corrected chi connectivity index (χ3v) is 7.40. The topological polar surface area (TPSA) is 113 Å². The number of aryl methyl sites for hydroxylation is 1. The Morgan fingerprint density at radius 1 is 1.06 bits per heavy atom. The van der Waals surface area contributed by atoms with Crippen molar-refractivity contribution in [1.29, 1.82) is 0 Å². The summed E-state index contributed by atoms with van der Waals surface area (Å²) < 4.78 is 30.9. The number of hydrogen-bond donors (Lipinski definition) is 3. The highest BCUT2D eigenvalue weighted by atomic mass is 35.5. The van der Waals surface area contributed by atoms with Crippen LogP contribution in [0.1, 0.15) is 40.9 Å². The van der Waals surface area contributed by atoms with Gasteiger partial charge in [0.15, 0.2) is 0 Å². The SMILES string of the molecule is CCOC(=O)c1cc(S(=O)(=O)c2ccc(CCCNC[C@H](O)c3cccc(Cl)c3)cc2)ccc1O. The molecule has 3 rings (SSSR count). The fourth-order valence-corrected chi connectivity index (χ4v) is 5.00. The molecular weight excluding hydrogens is 490 g/mol. The first kappa shape index (κ1) is 26.7. The van der Waals surface area contributed by atoms with E-state index >= 15 is 0 Å². The lowest BCUT2D eigenvalue weighted by Crippen LogP contribution is -2.22. The summed E-state index contributed by atoms with van der Waals surface area (Å²) >= 11 is 5.95. The number of rotatable bonds is 11. The molecule has 0 aliphatic rings. The molecule has 0 saturated carbocycles. The van der Waals surface area contributed by atoms with Gasteiger partial charge in [0.05, 0.1) is 22.5 Å². The predicted octanol–water partition coefficient (Wildman–Crippen LogP) is 4.31. The lowest BCUT2D eigenvalue weighted by Gasteiger charge is -2.12. The first-order valence-electron chi connectivity index (χ1n) is 11.2. The number of phenolic OH excluding ortho intramolecular Hbond substituents is 1. The van der Waals surface area contributed by atoms with Crippen LogP contribution in [0, 0.1) is 0 Å². The summed E-state index contributed by atoms with van der Waals surface area (Å²) in [6, 6.07) is 17.2. The van der Waals surface area contributed by atoms with Gasteiger partial charge < -0.3 is 20.3 Å². The van der Waals surface area contributed by atoms with Crippen molar-refractivity contribution < 1.29 is 28.2 Å². The largest absolute Gasteiger partial charge is 0.507 e. The minimum atomic E-state index is -3.88. The maximum Gasteiger partial charge on any atom is 0.341 e. The molecule has 0 unspecified atom stereocenters. The fraction of sp³-hybridized carbons (Fsp3) is 0.269. The van der Waals surface area contributed by atoms with Crippen LogP contribution in [0.25, 0.3) is 0 Å². The van der Waals surface area contributed by atoms with Crippen molar-refractivity contribution in [3.8, 4) is 5.75 Å². The third kappa shape index (κ3) is 7.05. The van der Waals surface area contributed by atoms with Crippen LogP contribution in [0.15, 0.2) is 76.5 Å². The summed E-state index contributed by atoms with van der Waals surface area (Å²) in [6.45, 7) is 2.81. The minimum absolute atomic E-state index is 0.0875. The van der Waals surface area contributed by atoms with Crippen molar-refractivity contribution in [2.75, 3.05) is 19.7 Å². The quantitative estimate of drug-likeness (QED) is 0.256. The number of phenols is 1. The van der Waals surface area contributed by atoms with E-state index in [-0.39, 0.29) is 27.7 Å². The van der Waals surface area contributed by atoms with E-state index in [1.807, 2.05) is 6.07 Å². The summed E-state index contributed by atoms with van der Waals surface area (Å²) in [7, 11) is -3.88. The number of esters is 1. The molecule has 0 radical (unpaired) electrons. The molecule has 0 aliphatic carbocycles. The van der Waals surface area contributed by atoms with Gasteiger partial charge in [-0.3, -0.25) is 0 Å². The first-order valence-corrected chi connectivity index (χ1v) is 13.1. The molecule has 0 bridgehead atoms. The molecule has 186 valence electrons. The fourth-order valence-electron chi connectivity index (χ4n) is 3.51. The second kappa shape index (κ2) is 12.2. The molecule has 0 saturated heterocycles. The van der Waals surface area contributed by atoms with Gasteiger partial charge in [-0.05, 0) is 79.9 Å². The van der Waals surface area contributed by atoms with Crippen LogP contribution in [-0.4, -0.2) is 44.3 Å². The van der Waals surface area contributed by atoms with Gasteiger partial charge in [0, 0.05) is 11.6 Å². The number of aromatic hydroxyl groups is 1. The molecule has 9 heteroatoms. The van der Waals surface area contributed by atoms with Crippen LogP contribution in [0.2, 0.25) is 5.02 Å². The van der Waals surface area contributed by atoms with Gasteiger partial charge in [-0.15, -0.1) is 0 Å². The van der Waals surface area contributed by atoms with Crippen molar-refractivity contribution in [3.05, 3.63) is 88.4 Å². The number of aliphatic hydroxyl groups excluding tert-OH is 1. The zero-order valence-corrected chi connectivity index (χ0v) is 20.8. The Labute approximate surface area is 210 Å². The number of nitrogens with one attached hydrogen (secondary N) is 1. The monoisotopic (exact) mass is 517 g/mol. The summed E-state index contributed by atoms with van der Waals surface area (Å²) in [5, 5.41) is 23.9. The molecule has 3 aromatic carbocycles. The highest BCUT2D eigenvalue weighted by molar-refractivity contribution is 7.91. The Morgan fingerprint density at radius 3 is 2.46 bits per heavy atom. The first-order chi connectivity index (χ1) is 16.7. The van der Waals surface area contributed by atoms with E-state index in [0.717, 1.165) is 30.0 Å². The van der Waals surface area contributed by atoms with E-state index < -0.39 is 21.9 Å². The normalized spacial score (nSPS) is 12.3. The van der Waals surface area contributed by atoms with Crippen molar-refractivity contribution in [1.82, 2.24) is 5.32 Å². The van der Waals surface area contributed by atoms with Gasteiger partial charge in [-0.25, -0.2) is 13.2 Å². The lowest BCUT2D eigenvalue weighted by atomic mass is 10.1. The third-order valence-electron chi connectivity index (χ3n) is 5.40. The molecule has 0 heterocycles. The lowest BCUT2D eigenvalue weighted by molar-refractivity contribution is 0.0522. The number of hydrogen-bond acceptors (Lipinski definition) is 7. The standard InChI is InChI=1S/C26H28ClNO6S/c1-2-34-26(31)23-16-22(12-13-24(23)29)35(32,33)21-10-8-18(9-11-21)5-4-14-28-17-25(30)19-6-3-7-20(27)15-19/h3,6-13,15-16,25,28-30H,2,4-5,14,17H2,1H3/t25-/m0/s1. The van der Waals surface area contributed by atoms with Crippen LogP contribution < -0.4 is 5.32 Å². The van der Waals surface area contributed by atoms with E-state index in [1.54, 1.807) is 37.3 Å². The number of carbonyl (C=O) groups is 1.